The van der Waals surface area contributed by atoms with Crippen LogP contribution in [0.2, 0.25) is 0 Å². The van der Waals surface area contributed by atoms with Gasteiger partial charge in [0.05, 0.1) is 97.6 Å². The minimum atomic E-state index is -0.455. The molecule has 0 saturated heterocycles. The highest BCUT2D eigenvalue weighted by atomic mass is 16.6. The highest BCUT2D eigenvalue weighted by Crippen LogP contribution is 2.00. The average molecular weight is 481 g/mol. The third-order valence-electron chi connectivity index (χ3n) is 4.11. The van der Waals surface area contributed by atoms with Crippen LogP contribution >= 0.6 is 0 Å². The molecule has 0 aromatic heterocycles. The third kappa shape index (κ3) is 23.8. The van der Waals surface area contributed by atoms with E-state index in [2.05, 4.69) is 6.58 Å². The number of ether oxygens (including phenoxy) is 9. The lowest BCUT2D eigenvalue weighted by atomic mass is 10.4. The summed E-state index contributed by atoms with van der Waals surface area (Å²) in [5, 5.41) is 0. The molecule has 3 unspecified atom stereocenters. The van der Waals surface area contributed by atoms with Crippen LogP contribution in [0.4, 0.5) is 0 Å². The Kier molecular flexibility index (Phi) is 23.2. The lowest BCUT2D eigenvalue weighted by molar-refractivity contribution is -0.139. The Balaban J connectivity index is 3.26. The quantitative estimate of drug-likeness (QED) is 0.109. The Morgan fingerprint density at radius 1 is 0.636 bits per heavy atom. The summed E-state index contributed by atoms with van der Waals surface area (Å²) in [6.07, 6.45) is 1.18. The van der Waals surface area contributed by atoms with Crippen LogP contribution in [-0.2, 0) is 47.4 Å². The maximum Gasteiger partial charge on any atom is 0.330 e. The van der Waals surface area contributed by atoms with Crippen LogP contribution in [0.25, 0.3) is 0 Å². The first-order valence-corrected chi connectivity index (χ1v) is 11.4. The summed E-state index contributed by atoms with van der Waals surface area (Å²) in [6, 6.07) is 0. The number of hydrogen-bond acceptors (Lipinski definition) is 10. The van der Waals surface area contributed by atoms with E-state index in [4.69, 9.17) is 42.6 Å². The zero-order valence-electron chi connectivity index (χ0n) is 20.8. The van der Waals surface area contributed by atoms with Crippen LogP contribution < -0.4 is 0 Å². The average Bonchev–Trinajstić information content (AvgIpc) is 2.82. The van der Waals surface area contributed by atoms with Gasteiger partial charge < -0.3 is 42.6 Å². The van der Waals surface area contributed by atoms with E-state index in [-0.39, 0.29) is 24.9 Å². The molecule has 0 saturated carbocycles. The second-order valence-electron chi connectivity index (χ2n) is 7.23. The summed E-state index contributed by atoms with van der Waals surface area (Å²) in [5.41, 5.74) is 0. The minimum absolute atomic E-state index is 0.00713. The van der Waals surface area contributed by atoms with Crippen LogP contribution in [0, 0.1) is 0 Å². The lowest BCUT2D eigenvalue weighted by Gasteiger charge is -2.19. The molecule has 10 heteroatoms. The highest BCUT2D eigenvalue weighted by molar-refractivity contribution is 5.81. The molecule has 196 valence electrons. The summed E-state index contributed by atoms with van der Waals surface area (Å²) < 4.78 is 48.3. The molecule has 0 N–H and O–H groups in total. The van der Waals surface area contributed by atoms with Gasteiger partial charge in [0.1, 0.15) is 6.61 Å². The molecule has 0 aromatic rings. The van der Waals surface area contributed by atoms with Crippen LogP contribution in [0.15, 0.2) is 12.7 Å². The molecule has 33 heavy (non-hydrogen) atoms. The van der Waals surface area contributed by atoms with Crippen molar-refractivity contribution < 1.29 is 47.4 Å². The van der Waals surface area contributed by atoms with Gasteiger partial charge in [-0.1, -0.05) is 6.58 Å². The molecule has 0 aliphatic rings. The molecular formula is C23H44O10. The fraction of sp³-hybridized carbons (Fsp3) is 0.870. The van der Waals surface area contributed by atoms with Crippen molar-refractivity contribution in [2.24, 2.45) is 0 Å². The van der Waals surface area contributed by atoms with E-state index in [1.807, 2.05) is 20.8 Å². The standard InChI is InChI=1S/C23H44O10/c1-6-23(24)31-16-15-29-12-11-27-8-7-26-9-10-28-13-14-30-17-21(3)33-19-22(4)32-18-20(2)25-5/h6,20-22H,1,7-19H2,2-5H3. The van der Waals surface area contributed by atoms with Crippen molar-refractivity contribution in [1.29, 1.82) is 0 Å². The Labute approximate surface area is 198 Å². The number of rotatable bonds is 25. The second kappa shape index (κ2) is 24.0. The Morgan fingerprint density at radius 2 is 1.03 bits per heavy atom. The molecule has 10 nitrogen and oxygen atoms in total. The van der Waals surface area contributed by atoms with Gasteiger partial charge in [-0.05, 0) is 20.8 Å². The fourth-order valence-electron chi connectivity index (χ4n) is 2.15. The van der Waals surface area contributed by atoms with Gasteiger partial charge >= 0.3 is 5.97 Å². The first-order chi connectivity index (χ1) is 16.0. The summed E-state index contributed by atoms with van der Waals surface area (Å²) >= 11 is 0. The SMILES string of the molecule is C=CC(=O)OCCOCCOCCOCCOCCOCC(C)OCC(C)OCC(C)OC. The highest BCUT2D eigenvalue weighted by Gasteiger charge is 2.09. The number of hydrogen-bond donors (Lipinski definition) is 0. The Morgan fingerprint density at radius 3 is 1.48 bits per heavy atom. The molecule has 0 amide bonds. The van der Waals surface area contributed by atoms with E-state index in [0.717, 1.165) is 6.08 Å². The van der Waals surface area contributed by atoms with Gasteiger partial charge in [0, 0.05) is 13.2 Å². The molecule has 0 heterocycles. The molecular weight excluding hydrogens is 436 g/mol. The van der Waals surface area contributed by atoms with Crippen molar-refractivity contribution in [3.63, 3.8) is 0 Å². The van der Waals surface area contributed by atoms with E-state index in [0.29, 0.717) is 79.3 Å². The maximum atomic E-state index is 10.8. The Hall–Kier alpha value is -1.11. The first-order valence-electron chi connectivity index (χ1n) is 11.4. The summed E-state index contributed by atoms with van der Waals surface area (Å²) in [7, 11) is 1.67. The first kappa shape index (κ1) is 31.9. The summed E-state index contributed by atoms with van der Waals surface area (Å²) in [5.74, 6) is -0.455. The second-order valence-corrected chi connectivity index (χ2v) is 7.23. The molecule has 0 aromatic carbocycles. The van der Waals surface area contributed by atoms with Crippen LogP contribution in [0.1, 0.15) is 20.8 Å². The van der Waals surface area contributed by atoms with E-state index >= 15 is 0 Å². The predicted octanol–water partition coefficient (Wildman–Crippen LogP) is 1.64. The zero-order chi connectivity index (χ0) is 24.6. The van der Waals surface area contributed by atoms with Crippen molar-refractivity contribution >= 4 is 5.97 Å². The molecule has 0 aliphatic heterocycles. The topological polar surface area (TPSA) is 100 Å². The molecule has 0 fully saturated rings. The van der Waals surface area contributed by atoms with E-state index < -0.39 is 5.97 Å². The summed E-state index contributed by atoms with van der Waals surface area (Å²) in [4.78, 5) is 10.8. The molecule has 0 spiro atoms. The normalized spacial score (nSPS) is 14.1. The van der Waals surface area contributed by atoms with E-state index in [1.165, 1.54) is 0 Å². The van der Waals surface area contributed by atoms with Crippen molar-refractivity contribution in [3.05, 3.63) is 12.7 Å². The lowest BCUT2D eigenvalue weighted by Crippen LogP contribution is -2.26. The van der Waals surface area contributed by atoms with Crippen LogP contribution in [0.5, 0.6) is 0 Å². The van der Waals surface area contributed by atoms with Crippen molar-refractivity contribution in [3.8, 4) is 0 Å². The van der Waals surface area contributed by atoms with Gasteiger partial charge in [0.15, 0.2) is 0 Å². The number of methoxy groups -OCH3 is 1. The molecule has 0 rings (SSSR count). The van der Waals surface area contributed by atoms with Crippen molar-refractivity contribution in [2.75, 3.05) is 93.0 Å². The van der Waals surface area contributed by atoms with Crippen molar-refractivity contribution in [2.45, 2.75) is 39.1 Å². The van der Waals surface area contributed by atoms with Gasteiger partial charge in [-0.15, -0.1) is 0 Å². The maximum absolute atomic E-state index is 10.8. The predicted molar refractivity (Wildman–Crippen MR) is 123 cm³/mol. The van der Waals surface area contributed by atoms with E-state index in [1.54, 1.807) is 7.11 Å². The number of carbonyl (C=O) groups excluding carboxylic acids is 1. The third-order valence-corrected chi connectivity index (χ3v) is 4.11. The van der Waals surface area contributed by atoms with Gasteiger partial charge in [-0.25, -0.2) is 4.79 Å². The van der Waals surface area contributed by atoms with Gasteiger partial charge in [-0.3, -0.25) is 0 Å². The summed E-state index contributed by atoms with van der Waals surface area (Å²) in [6.45, 7) is 15.1. The van der Waals surface area contributed by atoms with Gasteiger partial charge in [-0.2, -0.15) is 0 Å². The van der Waals surface area contributed by atoms with Crippen molar-refractivity contribution in [1.82, 2.24) is 0 Å². The van der Waals surface area contributed by atoms with Gasteiger partial charge in [0.25, 0.3) is 0 Å². The van der Waals surface area contributed by atoms with E-state index in [9.17, 15) is 4.79 Å². The molecule has 3 atom stereocenters. The van der Waals surface area contributed by atoms with Crippen LogP contribution in [-0.4, -0.2) is 117 Å². The minimum Gasteiger partial charge on any atom is -0.460 e. The molecule has 0 radical (unpaired) electrons. The molecule has 0 aliphatic carbocycles. The largest absolute Gasteiger partial charge is 0.460 e. The number of esters is 1. The van der Waals surface area contributed by atoms with Gasteiger partial charge in [0.2, 0.25) is 0 Å². The number of carbonyl (C=O) groups is 1. The molecule has 0 bridgehead atoms. The fourth-order valence-corrected chi connectivity index (χ4v) is 2.15. The monoisotopic (exact) mass is 480 g/mol. The Bertz CT molecular complexity index is 449. The van der Waals surface area contributed by atoms with Crippen LogP contribution in [0.3, 0.4) is 0 Å². The zero-order valence-corrected chi connectivity index (χ0v) is 20.8. The smallest absolute Gasteiger partial charge is 0.330 e.